The van der Waals surface area contributed by atoms with Gasteiger partial charge in [0.1, 0.15) is 0 Å². The zero-order chi connectivity index (χ0) is 12.7. The highest BCUT2D eigenvalue weighted by atomic mass is 32.2. The number of anilines is 1. The van der Waals surface area contributed by atoms with Gasteiger partial charge < -0.3 is 11.1 Å². The maximum atomic E-state index is 11.9. The van der Waals surface area contributed by atoms with Gasteiger partial charge in [-0.25, -0.2) is 0 Å². The minimum atomic E-state index is -0.0974. The SMILES string of the molecule is C=CCSCCNC(=O)c1c(C)cccc1N. The first kappa shape index (κ1) is 13.6. The Bertz CT molecular complexity index is 384. The van der Waals surface area contributed by atoms with Crippen LogP contribution >= 0.6 is 11.8 Å². The Balaban J connectivity index is 2.50. The molecule has 0 atom stereocenters. The van der Waals surface area contributed by atoms with Gasteiger partial charge in [-0.3, -0.25) is 4.79 Å². The topological polar surface area (TPSA) is 55.1 Å². The summed E-state index contributed by atoms with van der Waals surface area (Å²) in [4.78, 5) is 11.9. The molecule has 0 aromatic heterocycles. The number of nitrogen functional groups attached to an aromatic ring is 1. The van der Waals surface area contributed by atoms with Crippen molar-refractivity contribution in [3.8, 4) is 0 Å². The number of carbonyl (C=O) groups is 1. The maximum absolute atomic E-state index is 11.9. The van der Waals surface area contributed by atoms with Crippen LogP contribution in [0.2, 0.25) is 0 Å². The molecule has 1 aromatic rings. The van der Waals surface area contributed by atoms with Gasteiger partial charge in [-0.05, 0) is 18.6 Å². The first-order valence-corrected chi connectivity index (χ1v) is 6.64. The highest BCUT2D eigenvalue weighted by Crippen LogP contribution is 2.15. The number of nitrogens with one attached hydrogen (secondary N) is 1. The molecular formula is C13H18N2OS. The molecule has 4 heteroatoms. The van der Waals surface area contributed by atoms with Crippen LogP contribution in [-0.4, -0.2) is 24.0 Å². The molecule has 0 fully saturated rings. The molecule has 3 nitrogen and oxygen atoms in total. The van der Waals surface area contributed by atoms with E-state index in [1.54, 1.807) is 17.8 Å². The number of rotatable bonds is 6. The summed E-state index contributed by atoms with van der Waals surface area (Å²) in [6.45, 7) is 6.17. The van der Waals surface area contributed by atoms with Crippen molar-refractivity contribution in [3.63, 3.8) is 0 Å². The van der Waals surface area contributed by atoms with Crippen LogP contribution in [0.15, 0.2) is 30.9 Å². The second kappa shape index (κ2) is 7.01. The van der Waals surface area contributed by atoms with E-state index < -0.39 is 0 Å². The minimum absolute atomic E-state index is 0.0974. The molecule has 1 aromatic carbocycles. The summed E-state index contributed by atoms with van der Waals surface area (Å²) >= 11 is 1.73. The summed E-state index contributed by atoms with van der Waals surface area (Å²) in [6, 6.07) is 5.48. The Morgan fingerprint density at radius 2 is 2.35 bits per heavy atom. The quantitative estimate of drug-likeness (QED) is 0.462. The third-order valence-corrected chi connectivity index (χ3v) is 3.26. The molecule has 0 heterocycles. The highest BCUT2D eigenvalue weighted by molar-refractivity contribution is 7.99. The van der Waals surface area contributed by atoms with Gasteiger partial charge in [0, 0.05) is 23.7 Å². The summed E-state index contributed by atoms with van der Waals surface area (Å²) in [5.74, 6) is 1.69. The number of thioether (sulfide) groups is 1. The monoisotopic (exact) mass is 250 g/mol. The maximum Gasteiger partial charge on any atom is 0.253 e. The van der Waals surface area contributed by atoms with E-state index in [2.05, 4.69) is 11.9 Å². The smallest absolute Gasteiger partial charge is 0.253 e. The third kappa shape index (κ3) is 4.15. The molecule has 0 spiro atoms. The van der Waals surface area contributed by atoms with Gasteiger partial charge in [0.2, 0.25) is 0 Å². The fourth-order valence-electron chi connectivity index (χ4n) is 1.49. The van der Waals surface area contributed by atoms with Gasteiger partial charge >= 0.3 is 0 Å². The Labute approximate surface area is 106 Å². The average Bonchev–Trinajstić information content (AvgIpc) is 2.28. The third-order valence-electron chi connectivity index (χ3n) is 2.30. The van der Waals surface area contributed by atoms with Gasteiger partial charge in [-0.2, -0.15) is 11.8 Å². The van der Waals surface area contributed by atoms with Crippen molar-refractivity contribution in [1.82, 2.24) is 5.32 Å². The van der Waals surface area contributed by atoms with Crippen LogP contribution in [-0.2, 0) is 0 Å². The van der Waals surface area contributed by atoms with Gasteiger partial charge in [0.25, 0.3) is 5.91 Å². The first-order valence-electron chi connectivity index (χ1n) is 5.48. The zero-order valence-electron chi connectivity index (χ0n) is 10.0. The van der Waals surface area contributed by atoms with Crippen LogP contribution in [0.5, 0.6) is 0 Å². The van der Waals surface area contributed by atoms with Crippen LogP contribution < -0.4 is 11.1 Å². The number of carbonyl (C=O) groups excluding carboxylic acids is 1. The summed E-state index contributed by atoms with van der Waals surface area (Å²) in [5.41, 5.74) is 7.81. The number of hydrogen-bond donors (Lipinski definition) is 2. The molecule has 0 aliphatic rings. The van der Waals surface area contributed by atoms with Crippen LogP contribution in [0.1, 0.15) is 15.9 Å². The van der Waals surface area contributed by atoms with Crippen LogP contribution in [0.3, 0.4) is 0 Å². The Kier molecular flexibility index (Phi) is 5.63. The second-order valence-corrected chi connectivity index (χ2v) is 4.81. The minimum Gasteiger partial charge on any atom is -0.398 e. The molecule has 0 bridgehead atoms. The molecule has 17 heavy (non-hydrogen) atoms. The normalized spacial score (nSPS) is 9.94. The highest BCUT2D eigenvalue weighted by Gasteiger charge is 2.11. The Morgan fingerprint density at radius 1 is 1.59 bits per heavy atom. The summed E-state index contributed by atoms with van der Waals surface area (Å²) < 4.78 is 0. The molecule has 0 aliphatic heterocycles. The predicted octanol–water partition coefficient (Wildman–Crippen LogP) is 2.23. The summed E-state index contributed by atoms with van der Waals surface area (Å²) in [7, 11) is 0. The number of hydrogen-bond acceptors (Lipinski definition) is 3. The molecule has 3 N–H and O–H groups in total. The van der Waals surface area contributed by atoms with Crippen molar-refractivity contribution in [2.45, 2.75) is 6.92 Å². The lowest BCUT2D eigenvalue weighted by molar-refractivity contribution is 0.0956. The lowest BCUT2D eigenvalue weighted by atomic mass is 10.1. The zero-order valence-corrected chi connectivity index (χ0v) is 10.8. The van der Waals surface area contributed by atoms with Crippen molar-refractivity contribution in [1.29, 1.82) is 0 Å². The van der Waals surface area contributed by atoms with E-state index in [1.807, 2.05) is 25.1 Å². The Morgan fingerprint density at radius 3 is 3.00 bits per heavy atom. The van der Waals surface area contributed by atoms with Gasteiger partial charge in [0.05, 0.1) is 5.56 Å². The van der Waals surface area contributed by atoms with E-state index in [9.17, 15) is 4.79 Å². The van der Waals surface area contributed by atoms with E-state index in [4.69, 9.17) is 5.73 Å². The largest absolute Gasteiger partial charge is 0.398 e. The van der Waals surface area contributed by atoms with Gasteiger partial charge in [0.15, 0.2) is 0 Å². The van der Waals surface area contributed by atoms with E-state index in [0.29, 0.717) is 17.8 Å². The number of amides is 1. The number of aryl methyl sites for hydroxylation is 1. The molecule has 92 valence electrons. The van der Waals surface area contributed by atoms with Gasteiger partial charge in [-0.15, -0.1) is 6.58 Å². The summed E-state index contributed by atoms with van der Waals surface area (Å²) in [6.07, 6.45) is 1.85. The lowest BCUT2D eigenvalue weighted by Crippen LogP contribution is -2.27. The molecular weight excluding hydrogens is 232 g/mol. The Hall–Kier alpha value is -1.42. The molecule has 0 aliphatic carbocycles. The molecule has 0 radical (unpaired) electrons. The number of benzene rings is 1. The second-order valence-electron chi connectivity index (χ2n) is 3.66. The van der Waals surface area contributed by atoms with Gasteiger partial charge in [-0.1, -0.05) is 18.2 Å². The van der Waals surface area contributed by atoms with E-state index in [1.165, 1.54) is 0 Å². The van der Waals surface area contributed by atoms with Crippen molar-refractivity contribution < 1.29 is 4.79 Å². The van der Waals surface area contributed by atoms with Crippen molar-refractivity contribution in [2.24, 2.45) is 0 Å². The first-order chi connectivity index (χ1) is 8.16. The van der Waals surface area contributed by atoms with Crippen molar-refractivity contribution >= 4 is 23.4 Å². The van der Waals surface area contributed by atoms with Crippen molar-refractivity contribution in [2.75, 3.05) is 23.8 Å². The summed E-state index contributed by atoms with van der Waals surface area (Å²) in [5, 5.41) is 2.87. The fourth-order valence-corrected chi connectivity index (χ4v) is 2.07. The fraction of sp³-hybridized carbons (Fsp3) is 0.308. The average molecular weight is 250 g/mol. The standard InChI is InChI=1S/C13H18N2OS/c1-3-8-17-9-7-15-13(16)12-10(2)5-4-6-11(12)14/h3-6H,1,7-9,14H2,2H3,(H,15,16). The van der Waals surface area contributed by atoms with Crippen LogP contribution in [0.25, 0.3) is 0 Å². The molecule has 0 unspecified atom stereocenters. The number of nitrogens with two attached hydrogens (primary N) is 1. The predicted molar refractivity (Wildman–Crippen MR) is 75.4 cm³/mol. The van der Waals surface area contributed by atoms with Crippen molar-refractivity contribution in [3.05, 3.63) is 42.0 Å². The molecule has 1 rings (SSSR count). The van der Waals surface area contributed by atoms with E-state index in [-0.39, 0.29) is 5.91 Å². The van der Waals surface area contributed by atoms with E-state index in [0.717, 1.165) is 17.1 Å². The molecule has 1 amide bonds. The molecule has 0 saturated heterocycles. The van der Waals surface area contributed by atoms with E-state index >= 15 is 0 Å². The lowest BCUT2D eigenvalue weighted by Gasteiger charge is -2.09. The molecule has 0 saturated carbocycles. The van der Waals surface area contributed by atoms with Crippen LogP contribution in [0, 0.1) is 6.92 Å². The van der Waals surface area contributed by atoms with Crippen LogP contribution in [0.4, 0.5) is 5.69 Å².